The Morgan fingerprint density at radius 3 is 2.60 bits per heavy atom. The maximum absolute atomic E-state index is 8.44. The Kier molecular flexibility index (Phi) is 1.24. The van der Waals surface area contributed by atoms with Crippen LogP contribution in [-0.2, 0) is 0 Å². The summed E-state index contributed by atoms with van der Waals surface area (Å²) in [7, 11) is 0. The van der Waals surface area contributed by atoms with Gasteiger partial charge >= 0.3 is 0 Å². The molecule has 20 heavy (non-hydrogen) atoms. The number of para-hydroxylation sites is 1. The largest absolute Gasteiger partial charge is 0.456 e. The normalized spacial score (nSPS) is 16.9. The average Bonchev–Trinajstić information content (AvgIpc) is 3.07. The summed E-state index contributed by atoms with van der Waals surface area (Å²) in [6.07, 6.45) is 0. The van der Waals surface area contributed by atoms with Crippen molar-refractivity contribution in [1.29, 1.82) is 0 Å². The zero-order valence-electron chi connectivity index (χ0n) is 18.6. The van der Waals surface area contributed by atoms with Gasteiger partial charge in [0.2, 0.25) is 0 Å². The molecule has 0 fully saturated rings. The van der Waals surface area contributed by atoms with Crippen LogP contribution in [0.1, 0.15) is 16.5 Å². The van der Waals surface area contributed by atoms with Gasteiger partial charge in [0, 0.05) is 10.8 Å². The molecule has 0 saturated heterocycles. The minimum Gasteiger partial charge on any atom is -0.456 e. The van der Waals surface area contributed by atoms with Crippen LogP contribution in [0.4, 0.5) is 0 Å². The standard InChI is InChI=1S/C19H14O/c1-13-15(14-7-3-2-4-8-14)11-12-18-19(13)16-9-5-6-10-17(16)20-18/h2-12H,1H3/i2D,3D,4D,7D,8D,10D,11D,12D. The Labute approximate surface area is 128 Å². The molecular formula is C19H14O. The van der Waals surface area contributed by atoms with E-state index in [0.717, 1.165) is 0 Å². The second kappa shape index (κ2) is 4.24. The van der Waals surface area contributed by atoms with Gasteiger partial charge in [0.1, 0.15) is 11.2 Å². The van der Waals surface area contributed by atoms with Crippen molar-refractivity contribution >= 4 is 21.9 Å². The van der Waals surface area contributed by atoms with Gasteiger partial charge < -0.3 is 4.42 Å². The minimum atomic E-state index is -0.511. The quantitative estimate of drug-likeness (QED) is 0.439. The van der Waals surface area contributed by atoms with Crippen LogP contribution < -0.4 is 0 Å². The van der Waals surface area contributed by atoms with Crippen molar-refractivity contribution in [3.63, 3.8) is 0 Å². The fourth-order valence-electron chi connectivity index (χ4n) is 2.40. The summed E-state index contributed by atoms with van der Waals surface area (Å²) in [4.78, 5) is 0. The third kappa shape index (κ3) is 1.56. The van der Waals surface area contributed by atoms with Crippen LogP contribution >= 0.6 is 0 Å². The zero-order valence-corrected chi connectivity index (χ0v) is 10.6. The Bertz CT molecular complexity index is 1280. The lowest BCUT2D eigenvalue weighted by atomic mass is 9.96. The molecule has 1 heteroatoms. The fourth-order valence-corrected chi connectivity index (χ4v) is 2.40. The number of benzene rings is 3. The lowest BCUT2D eigenvalue weighted by Gasteiger charge is -2.07. The van der Waals surface area contributed by atoms with Gasteiger partial charge in [-0.1, -0.05) is 54.5 Å². The number of aryl methyl sites for hydroxylation is 1. The molecule has 0 aliphatic carbocycles. The Morgan fingerprint density at radius 1 is 0.900 bits per heavy atom. The van der Waals surface area contributed by atoms with E-state index in [9.17, 15) is 0 Å². The highest BCUT2D eigenvalue weighted by Crippen LogP contribution is 2.35. The molecule has 96 valence electrons. The second-order valence-corrected chi connectivity index (χ2v) is 4.47. The number of fused-ring (bicyclic) bond motifs is 3. The summed E-state index contributed by atoms with van der Waals surface area (Å²) in [6.45, 7) is 1.67. The summed E-state index contributed by atoms with van der Waals surface area (Å²) in [6, 6.07) is 2.24. The van der Waals surface area contributed by atoms with Gasteiger partial charge in [-0.25, -0.2) is 0 Å². The molecule has 0 aliphatic rings. The summed E-state index contributed by atoms with van der Waals surface area (Å²) in [5.74, 6) is 0. The van der Waals surface area contributed by atoms with Crippen molar-refractivity contribution < 1.29 is 15.4 Å². The molecule has 0 saturated carbocycles. The maximum atomic E-state index is 8.44. The van der Waals surface area contributed by atoms with E-state index in [2.05, 4.69) is 0 Å². The van der Waals surface area contributed by atoms with Crippen LogP contribution in [0.5, 0.6) is 0 Å². The van der Waals surface area contributed by atoms with Crippen molar-refractivity contribution in [2.24, 2.45) is 0 Å². The zero-order chi connectivity index (χ0) is 20.5. The topological polar surface area (TPSA) is 13.1 Å². The maximum Gasteiger partial charge on any atom is 0.135 e. The van der Waals surface area contributed by atoms with E-state index in [4.69, 9.17) is 15.4 Å². The lowest BCUT2D eigenvalue weighted by molar-refractivity contribution is 0.669. The van der Waals surface area contributed by atoms with Crippen LogP contribution in [-0.4, -0.2) is 0 Å². The molecule has 3 aromatic carbocycles. The molecule has 0 unspecified atom stereocenters. The minimum absolute atomic E-state index is 0.104. The van der Waals surface area contributed by atoms with E-state index in [-0.39, 0.29) is 40.4 Å². The Morgan fingerprint density at radius 2 is 1.75 bits per heavy atom. The first kappa shape index (κ1) is 5.84. The van der Waals surface area contributed by atoms with Gasteiger partial charge in [0.25, 0.3) is 0 Å². The summed E-state index contributed by atoms with van der Waals surface area (Å²) >= 11 is 0. The smallest absolute Gasteiger partial charge is 0.135 e. The first-order valence-corrected chi connectivity index (χ1v) is 6.15. The van der Waals surface area contributed by atoms with E-state index in [1.165, 1.54) is 0 Å². The Balaban J connectivity index is 2.25. The lowest BCUT2D eigenvalue weighted by Crippen LogP contribution is -1.83. The van der Waals surface area contributed by atoms with Gasteiger partial charge in [0.15, 0.2) is 0 Å². The number of furan rings is 1. The molecule has 0 atom stereocenters. The van der Waals surface area contributed by atoms with E-state index >= 15 is 0 Å². The highest BCUT2D eigenvalue weighted by molar-refractivity contribution is 6.08. The molecular weight excluding hydrogens is 244 g/mol. The van der Waals surface area contributed by atoms with Gasteiger partial charge in [0.05, 0.1) is 11.0 Å². The van der Waals surface area contributed by atoms with Gasteiger partial charge in [-0.2, -0.15) is 0 Å². The number of hydrogen-bond acceptors (Lipinski definition) is 1. The average molecular weight is 266 g/mol. The third-order valence-corrected chi connectivity index (χ3v) is 3.32. The van der Waals surface area contributed by atoms with Crippen molar-refractivity contribution in [3.8, 4) is 11.1 Å². The van der Waals surface area contributed by atoms with E-state index < -0.39 is 30.2 Å². The molecule has 1 nitrogen and oxygen atoms in total. The molecule has 0 radical (unpaired) electrons. The molecule has 4 aromatic rings. The summed E-state index contributed by atoms with van der Waals surface area (Å²) in [5.41, 5.74) is 0.895. The predicted octanol–water partition coefficient (Wildman–Crippen LogP) is 5.56. The van der Waals surface area contributed by atoms with Crippen molar-refractivity contribution in [3.05, 3.63) is 72.1 Å². The number of rotatable bonds is 1. The molecule has 0 aliphatic heterocycles. The number of hydrogen-bond donors (Lipinski definition) is 0. The van der Waals surface area contributed by atoms with E-state index in [0.29, 0.717) is 16.3 Å². The monoisotopic (exact) mass is 266 g/mol. The van der Waals surface area contributed by atoms with Crippen molar-refractivity contribution in [2.75, 3.05) is 0 Å². The Hall–Kier alpha value is -2.54. The summed E-state index contributed by atoms with van der Waals surface area (Å²) < 4.78 is 70.6. The van der Waals surface area contributed by atoms with Crippen LogP contribution in [0.3, 0.4) is 0 Å². The van der Waals surface area contributed by atoms with Crippen LogP contribution in [0.15, 0.2) is 71.0 Å². The molecule has 0 spiro atoms. The van der Waals surface area contributed by atoms with Gasteiger partial charge in [-0.3, -0.25) is 0 Å². The highest BCUT2D eigenvalue weighted by Gasteiger charge is 2.12. The molecule has 0 amide bonds. The predicted molar refractivity (Wildman–Crippen MR) is 83.9 cm³/mol. The van der Waals surface area contributed by atoms with Gasteiger partial charge in [-0.15, -0.1) is 0 Å². The van der Waals surface area contributed by atoms with Crippen LogP contribution in [0, 0.1) is 6.92 Å². The highest BCUT2D eigenvalue weighted by atomic mass is 16.3. The van der Waals surface area contributed by atoms with Crippen LogP contribution in [0.25, 0.3) is 33.1 Å². The van der Waals surface area contributed by atoms with Crippen molar-refractivity contribution in [1.82, 2.24) is 0 Å². The molecule has 0 N–H and O–H groups in total. The van der Waals surface area contributed by atoms with Crippen LogP contribution in [0.2, 0.25) is 0 Å². The molecule has 1 heterocycles. The molecule has 0 bridgehead atoms. The van der Waals surface area contributed by atoms with E-state index in [1.807, 2.05) is 0 Å². The first-order chi connectivity index (χ1) is 13.2. The molecule has 1 aromatic heterocycles. The molecule has 4 rings (SSSR count). The summed E-state index contributed by atoms with van der Waals surface area (Å²) in [5, 5.41) is 1.09. The van der Waals surface area contributed by atoms with Crippen molar-refractivity contribution in [2.45, 2.75) is 6.92 Å². The third-order valence-electron chi connectivity index (χ3n) is 3.32. The van der Waals surface area contributed by atoms with Gasteiger partial charge in [-0.05, 0) is 35.7 Å². The SMILES string of the molecule is [2H]c1c([2H])c([2H])c(-c2c([2H])c([2H])c3oc4c([2H])cccc4c3c2C)c([2H])c1[2H]. The fraction of sp³-hybridized carbons (Fsp3) is 0.0526. The second-order valence-electron chi connectivity index (χ2n) is 4.47. The first-order valence-electron chi connectivity index (χ1n) is 10.2. The van der Waals surface area contributed by atoms with E-state index in [1.54, 1.807) is 25.1 Å².